The molecule has 6 N–H and O–H groups in total. The van der Waals surface area contributed by atoms with Crippen molar-refractivity contribution in [3.63, 3.8) is 0 Å². The fourth-order valence-corrected chi connectivity index (χ4v) is 7.02. The molecule has 0 spiro atoms. The molecular weight excluding hydrogens is 944 g/mol. The number of fused-ring (bicyclic) bond motifs is 1. The monoisotopic (exact) mass is 996 g/mol. The Hall–Kier alpha value is -6.63. The van der Waals surface area contributed by atoms with Crippen molar-refractivity contribution in [3.05, 3.63) is 128 Å². The molecule has 2 unspecified atom stereocenters. The minimum atomic E-state index is -0.611. The smallest absolute Gasteiger partial charge is 0.338 e. The number of ether oxygens (including phenoxy) is 3. The van der Waals surface area contributed by atoms with Crippen LogP contribution >= 0.6 is 28.3 Å². The Morgan fingerprint density at radius 1 is 0.667 bits per heavy atom. The molecule has 66 heavy (non-hydrogen) atoms. The first kappa shape index (κ1) is 55.5. The number of hydrogen-bond donors (Lipinski definition) is 5. The van der Waals surface area contributed by atoms with Gasteiger partial charge in [-0.05, 0) is 111 Å². The van der Waals surface area contributed by atoms with E-state index in [2.05, 4.69) is 40.8 Å². The second kappa shape index (κ2) is 26.4. The van der Waals surface area contributed by atoms with Crippen LogP contribution in [0.5, 0.6) is 11.5 Å². The van der Waals surface area contributed by atoms with Crippen LogP contribution in [0.25, 0.3) is 0 Å². The molecule has 0 saturated carbocycles. The van der Waals surface area contributed by atoms with Crippen molar-refractivity contribution < 1.29 is 62.8 Å². The molecule has 354 valence electrons. The third kappa shape index (κ3) is 15.8. The van der Waals surface area contributed by atoms with Crippen LogP contribution in [-0.4, -0.2) is 96.0 Å². The number of esters is 3. The first-order chi connectivity index (χ1) is 30.7. The summed E-state index contributed by atoms with van der Waals surface area (Å²) in [4.78, 5) is 91.0. The zero-order valence-corrected chi connectivity index (χ0v) is 39.9. The number of phenols is 2. The lowest BCUT2D eigenvalue weighted by Crippen LogP contribution is -2.52. The van der Waals surface area contributed by atoms with E-state index >= 15 is 0 Å². The SMILES string of the molecule is COC(=O)c1ccc(C)cc1C.COC(=O)c1ccc(C)cc1CBr.COC(=O)c1ccc(O)cc1C.Cl.NC1CCC(=O)NC1=O.O=C1CCC(N2Cc3cc(O)ccc3C2=O)C(=O)N1. The number of hydrogen-bond acceptors (Lipinski definition) is 14. The van der Waals surface area contributed by atoms with E-state index in [-0.39, 0.29) is 78.4 Å². The van der Waals surface area contributed by atoms with Crippen molar-refractivity contribution in [2.75, 3.05) is 21.3 Å². The fraction of sp³-hybridized carbons (Fsp3) is 0.319. The van der Waals surface area contributed by atoms with Gasteiger partial charge in [0.15, 0.2) is 0 Å². The predicted octanol–water partition coefficient (Wildman–Crippen LogP) is 5.58. The summed E-state index contributed by atoms with van der Waals surface area (Å²) in [6.45, 7) is 7.92. The number of phenolic OH excluding ortho intramolecular Hbond substituents is 2. The third-order valence-electron chi connectivity index (χ3n) is 10.0. The molecule has 3 aliphatic heterocycles. The lowest BCUT2D eigenvalue weighted by molar-refractivity contribution is -0.137. The minimum Gasteiger partial charge on any atom is -0.508 e. The highest BCUT2D eigenvalue weighted by molar-refractivity contribution is 9.08. The average Bonchev–Trinajstić information content (AvgIpc) is 3.59. The molecule has 0 aliphatic carbocycles. The Balaban J connectivity index is 0.000000289. The van der Waals surface area contributed by atoms with Crippen molar-refractivity contribution in [1.29, 1.82) is 0 Å². The summed E-state index contributed by atoms with van der Waals surface area (Å²) in [5, 5.41) is 23.5. The number of nitrogens with two attached hydrogens (primary N) is 1. The molecule has 17 nitrogen and oxygen atoms in total. The number of carbonyl (C=O) groups is 8. The van der Waals surface area contributed by atoms with E-state index < -0.39 is 18.0 Å². The Bertz CT molecular complexity index is 2380. The number of alkyl halides is 1. The average molecular weight is 998 g/mol. The van der Waals surface area contributed by atoms with E-state index in [0.717, 1.165) is 22.3 Å². The quantitative estimate of drug-likeness (QED) is 0.0709. The van der Waals surface area contributed by atoms with Crippen molar-refractivity contribution in [2.24, 2.45) is 5.73 Å². The summed E-state index contributed by atoms with van der Waals surface area (Å²) in [6, 6.07) is 19.3. The topological polar surface area (TPSA) is 258 Å². The van der Waals surface area contributed by atoms with Crippen LogP contribution in [0.3, 0.4) is 0 Å². The molecule has 3 aliphatic rings. The molecule has 2 fully saturated rings. The van der Waals surface area contributed by atoms with Gasteiger partial charge < -0.3 is 35.1 Å². The van der Waals surface area contributed by atoms with Gasteiger partial charge in [-0.1, -0.05) is 51.3 Å². The van der Waals surface area contributed by atoms with Gasteiger partial charge in [0.2, 0.25) is 23.6 Å². The Morgan fingerprint density at radius 2 is 1.14 bits per heavy atom. The highest BCUT2D eigenvalue weighted by Gasteiger charge is 2.39. The molecular formula is C47H54BrClN4O13. The number of halogens is 2. The Kier molecular flexibility index (Phi) is 22.2. The van der Waals surface area contributed by atoms with Crippen LogP contribution in [0.4, 0.5) is 0 Å². The van der Waals surface area contributed by atoms with Crippen molar-refractivity contribution >= 4 is 75.8 Å². The molecule has 5 amide bonds. The molecule has 3 heterocycles. The maximum absolute atomic E-state index is 12.2. The van der Waals surface area contributed by atoms with Crippen LogP contribution in [0.1, 0.15) is 100 Å². The normalized spacial score (nSPS) is 15.7. The molecule has 2 atom stereocenters. The third-order valence-corrected chi connectivity index (χ3v) is 10.6. The van der Waals surface area contributed by atoms with Gasteiger partial charge in [-0.15, -0.1) is 12.4 Å². The van der Waals surface area contributed by atoms with Gasteiger partial charge >= 0.3 is 17.9 Å². The number of aryl methyl sites for hydroxylation is 4. The van der Waals surface area contributed by atoms with E-state index in [1.807, 2.05) is 45.0 Å². The van der Waals surface area contributed by atoms with E-state index in [0.29, 0.717) is 58.0 Å². The number of aromatic hydroxyl groups is 2. The second-order valence-corrected chi connectivity index (χ2v) is 15.4. The van der Waals surface area contributed by atoms with Gasteiger partial charge in [0.1, 0.15) is 17.5 Å². The second-order valence-electron chi connectivity index (χ2n) is 14.9. The number of piperidine rings is 2. The molecule has 7 rings (SSSR count). The lowest BCUT2D eigenvalue weighted by Gasteiger charge is -2.29. The number of amides is 5. The van der Waals surface area contributed by atoms with Gasteiger partial charge in [-0.25, -0.2) is 14.4 Å². The first-order valence-corrected chi connectivity index (χ1v) is 21.2. The number of rotatable bonds is 5. The molecule has 2 saturated heterocycles. The van der Waals surface area contributed by atoms with Gasteiger partial charge in [0.05, 0.1) is 44.1 Å². The molecule has 19 heteroatoms. The minimum absolute atomic E-state index is 0. The van der Waals surface area contributed by atoms with Crippen molar-refractivity contribution in [1.82, 2.24) is 15.5 Å². The van der Waals surface area contributed by atoms with Crippen LogP contribution in [0.2, 0.25) is 0 Å². The number of nitrogens with one attached hydrogen (secondary N) is 2. The lowest BCUT2D eigenvalue weighted by atomic mass is 10.0. The Morgan fingerprint density at radius 3 is 1.64 bits per heavy atom. The fourth-order valence-electron chi connectivity index (χ4n) is 6.55. The summed E-state index contributed by atoms with van der Waals surface area (Å²) in [7, 11) is 4.11. The number of imide groups is 2. The zero-order chi connectivity index (χ0) is 48.5. The number of methoxy groups -OCH3 is 3. The largest absolute Gasteiger partial charge is 0.508 e. The van der Waals surface area contributed by atoms with Crippen LogP contribution in [0, 0.1) is 27.7 Å². The predicted molar refractivity (Wildman–Crippen MR) is 248 cm³/mol. The van der Waals surface area contributed by atoms with Gasteiger partial charge in [-0.2, -0.15) is 0 Å². The maximum atomic E-state index is 12.2. The molecule has 0 aromatic heterocycles. The van der Waals surface area contributed by atoms with Gasteiger partial charge in [0.25, 0.3) is 5.91 Å². The molecule has 0 bridgehead atoms. The van der Waals surface area contributed by atoms with E-state index in [1.54, 1.807) is 25.1 Å². The maximum Gasteiger partial charge on any atom is 0.338 e. The van der Waals surface area contributed by atoms with Crippen LogP contribution in [-0.2, 0) is 45.3 Å². The summed E-state index contributed by atoms with van der Waals surface area (Å²) in [6.07, 6.45) is 1.43. The molecule has 4 aromatic carbocycles. The Labute approximate surface area is 396 Å². The van der Waals surface area contributed by atoms with E-state index in [1.165, 1.54) is 56.6 Å². The van der Waals surface area contributed by atoms with E-state index in [9.17, 15) is 43.5 Å². The van der Waals surface area contributed by atoms with Crippen LogP contribution < -0.4 is 16.4 Å². The highest BCUT2D eigenvalue weighted by Crippen LogP contribution is 2.29. The van der Waals surface area contributed by atoms with Gasteiger partial charge in [0, 0.05) is 30.3 Å². The first-order valence-electron chi connectivity index (χ1n) is 20.1. The van der Waals surface area contributed by atoms with Crippen molar-refractivity contribution in [2.45, 2.75) is 77.3 Å². The van der Waals surface area contributed by atoms with Crippen molar-refractivity contribution in [3.8, 4) is 11.5 Å². The van der Waals surface area contributed by atoms with Gasteiger partial charge in [-0.3, -0.25) is 34.6 Å². The highest BCUT2D eigenvalue weighted by atomic mass is 79.9. The number of nitrogens with zero attached hydrogens (tertiary/aromatic N) is 1. The summed E-state index contributed by atoms with van der Waals surface area (Å²) < 4.78 is 13.8. The summed E-state index contributed by atoms with van der Waals surface area (Å²) in [5.41, 5.74) is 13.2. The van der Waals surface area contributed by atoms with E-state index in [4.69, 9.17) is 10.8 Å². The summed E-state index contributed by atoms with van der Waals surface area (Å²) in [5.74, 6) is -2.23. The zero-order valence-electron chi connectivity index (χ0n) is 37.5. The van der Waals surface area contributed by atoms with Crippen LogP contribution in [0.15, 0.2) is 72.8 Å². The summed E-state index contributed by atoms with van der Waals surface area (Å²) >= 11 is 3.33. The standard InChI is InChI=1S/C13H12N2O4.C10H11BrO2.C10H12O2.C9H10O3.C5H8N2O2.ClH/c16-8-1-2-9-7(5-8)6-15(13(9)19)10-3-4-11(17)14-12(10)18;1-7-3-4-9(10(12)13-2)8(5-7)6-11;1-7-4-5-9(8(2)6-7)10(11)12-3;1-6-5-7(10)3-4-8(6)9(11)12-2;6-3-1-2-4(8)7-5(3)9;/h1-2,5,10,16H,3-4,6H2,(H,14,17,18);3-5H,6H2,1-2H3;4-6H,1-3H3;3-5,10H,1-2H3;3H,1-2,6H2,(H,7,8,9);1H. The number of benzene rings is 4. The number of carbonyl (C=O) groups excluding carboxylic acids is 8. The molecule has 0 radical (unpaired) electrons. The molecule has 4 aromatic rings.